The van der Waals surface area contributed by atoms with Gasteiger partial charge < -0.3 is 20.3 Å². The molecule has 0 bridgehead atoms. The molecule has 3 aromatic rings. The Morgan fingerprint density at radius 2 is 1.77 bits per heavy atom. The van der Waals surface area contributed by atoms with Gasteiger partial charge >= 0.3 is 5.97 Å². The zero-order valence-electron chi connectivity index (χ0n) is 18.8. The third-order valence-electron chi connectivity index (χ3n) is 5.23. The second-order valence-electron chi connectivity index (χ2n) is 8.01. The van der Waals surface area contributed by atoms with Gasteiger partial charge in [0.15, 0.2) is 18.2 Å². The maximum Gasteiger partial charge on any atom is 0.341 e. The van der Waals surface area contributed by atoms with Gasteiger partial charge in [-0.2, -0.15) is 0 Å². The Labute approximate surface area is 208 Å². The van der Waals surface area contributed by atoms with Gasteiger partial charge in [0.1, 0.15) is 0 Å². The van der Waals surface area contributed by atoms with E-state index in [0.717, 1.165) is 17.7 Å². The van der Waals surface area contributed by atoms with Gasteiger partial charge in [-0.1, -0.05) is 35.9 Å². The fourth-order valence-corrected chi connectivity index (χ4v) is 4.89. The van der Waals surface area contributed by atoms with Crippen molar-refractivity contribution in [2.75, 3.05) is 13.2 Å². The minimum absolute atomic E-state index is 0.00117. The van der Waals surface area contributed by atoms with Crippen molar-refractivity contribution in [2.24, 2.45) is 0 Å². The van der Waals surface area contributed by atoms with Crippen molar-refractivity contribution in [3.63, 3.8) is 0 Å². The molecule has 0 amide bonds. The van der Waals surface area contributed by atoms with Crippen LogP contribution in [-0.4, -0.2) is 43.8 Å². The molecule has 186 valence electrons. The smallest absolute Gasteiger partial charge is 0.341 e. The Morgan fingerprint density at radius 3 is 2.40 bits per heavy atom. The number of aliphatic hydroxyl groups excluding tert-OH is 1. The van der Waals surface area contributed by atoms with E-state index in [1.165, 1.54) is 18.2 Å². The maximum absolute atomic E-state index is 14.2. The maximum atomic E-state index is 14.2. The Morgan fingerprint density at radius 1 is 1.09 bits per heavy atom. The van der Waals surface area contributed by atoms with Gasteiger partial charge in [0.2, 0.25) is 9.84 Å². The van der Waals surface area contributed by atoms with Crippen molar-refractivity contribution in [1.82, 2.24) is 5.32 Å². The Bertz CT molecular complexity index is 1280. The summed E-state index contributed by atoms with van der Waals surface area (Å²) >= 11 is 5.96. The van der Waals surface area contributed by atoms with Gasteiger partial charge in [0.25, 0.3) is 0 Å². The molecule has 0 aliphatic carbocycles. The van der Waals surface area contributed by atoms with Crippen LogP contribution in [0.2, 0.25) is 5.02 Å². The van der Waals surface area contributed by atoms with E-state index in [4.69, 9.17) is 21.4 Å². The first-order valence-corrected chi connectivity index (χ1v) is 12.6. The van der Waals surface area contributed by atoms with Gasteiger partial charge in [0, 0.05) is 17.6 Å². The van der Waals surface area contributed by atoms with E-state index in [9.17, 15) is 22.7 Å². The van der Waals surface area contributed by atoms with Crippen molar-refractivity contribution >= 4 is 27.4 Å². The highest BCUT2D eigenvalue weighted by atomic mass is 35.5. The molecule has 3 N–H and O–H groups in total. The zero-order valence-corrected chi connectivity index (χ0v) is 20.4. The minimum Gasteiger partial charge on any atom is -0.479 e. The topological polar surface area (TPSA) is 113 Å². The SMILES string of the molecule is C[C@H](Cc1ccc(S(=O)(=O)c2ccc(OCC(=O)O)c(F)c2)cc1)NC[C@H](O)c1cccc(Cl)c1. The highest BCUT2D eigenvalue weighted by Crippen LogP contribution is 2.26. The average Bonchev–Trinajstić information content (AvgIpc) is 2.82. The van der Waals surface area contributed by atoms with Gasteiger partial charge in [-0.25, -0.2) is 17.6 Å². The van der Waals surface area contributed by atoms with Crippen LogP contribution in [0.1, 0.15) is 24.2 Å². The lowest BCUT2D eigenvalue weighted by Crippen LogP contribution is -2.32. The van der Waals surface area contributed by atoms with Crippen molar-refractivity contribution in [1.29, 1.82) is 0 Å². The number of nitrogens with one attached hydrogen (secondary N) is 1. The van der Waals surface area contributed by atoms with E-state index in [1.54, 1.807) is 36.4 Å². The van der Waals surface area contributed by atoms with Gasteiger partial charge in [0.05, 0.1) is 15.9 Å². The number of carbonyl (C=O) groups is 1. The molecule has 0 saturated carbocycles. The summed E-state index contributed by atoms with van der Waals surface area (Å²) in [5, 5.41) is 22.8. The lowest BCUT2D eigenvalue weighted by Gasteiger charge is -2.18. The van der Waals surface area contributed by atoms with Crippen molar-refractivity contribution < 1.29 is 32.6 Å². The van der Waals surface area contributed by atoms with Gasteiger partial charge in [-0.05, 0) is 66.9 Å². The monoisotopic (exact) mass is 521 g/mol. The first kappa shape index (κ1) is 26.6. The first-order chi connectivity index (χ1) is 16.6. The number of hydrogen-bond donors (Lipinski definition) is 3. The molecular formula is C25H25ClFNO6S. The fourth-order valence-electron chi connectivity index (χ4n) is 3.42. The summed E-state index contributed by atoms with van der Waals surface area (Å²) in [5.74, 6) is -2.59. The molecule has 0 saturated heterocycles. The number of halogens is 2. The molecule has 3 rings (SSSR count). The molecule has 0 fully saturated rings. The van der Waals surface area contributed by atoms with Crippen LogP contribution in [0.4, 0.5) is 4.39 Å². The van der Waals surface area contributed by atoms with Crippen molar-refractivity contribution in [2.45, 2.75) is 35.3 Å². The Balaban J connectivity index is 1.61. The molecule has 2 atom stereocenters. The number of sulfone groups is 1. The summed E-state index contributed by atoms with van der Waals surface area (Å²) in [6, 6.07) is 16.3. The lowest BCUT2D eigenvalue weighted by molar-refractivity contribution is -0.139. The summed E-state index contributed by atoms with van der Waals surface area (Å²) in [5.41, 5.74) is 1.59. The second kappa shape index (κ2) is 11.6. The first-order valence-electron chi connectivity index (χ1n) is 10.7. The molecule has 0 radical (unpaired) electrons. The number of carboxylic acid groups (broad SMARTS) is 1. The molecule has 0 spiro atoms. The summed E-state index contributed by atoms with van der Waals surface area (Å²) < 4.78 is 44.8. The molecule has 0 unspecified atom stereocenters. The zero-order chi connectivity index (χ0) is 25.6. The Kier molecular flexibility index (Phi) is 8.85. The van der Waals surface area contributed by atoms with E-state index in [2.05, 4.69) is 5.32 Å². The molecule has 35 heavy (non-hydrogen) atoms. The number of benzene rings is 3. The predicted octanol–water partition coefficient (Wildman–Crippen LogP) is 4.03. The van der Waals surface area contributed by atoms with Crippen molar-refractivity contribution in [3.8, 4) is 5.75 Å². The lowest BCUT2D eigenvalue weighted by atomic mass is 10.1. The molecule has 3 aromatic carbocycles. The van der Waals surface area contributed by atoms with E-state index in [0.29, 0.717) is 23.6 Å². The van der Waals surface area contributed by atoms with Crippen LogP contribution in [-0.2, 0) is 21.1 Å². The average molecular weight is 522 g/mol. The number of hydrogen-bond acceptors (Lipinski definition) is 6. The minimum atomic E-state index is -3.98. The largest absolute Gasteiger partial charge is 0.479 e. The number of ether oxygens (including phenoxy) is 1. The van der Waals surface area contributed by atoms with Crippen LogP contribution in [0.3, 0.4) is 0 Å². The molecular weight excluding hydrogens is 497 g/mol. The molecule has 0 aliphatic rings. The van der Waals surface area contributed by atoms with Crippen LogP contribution >= 0.6 is 11.6 Å². The molecule has 0 aliphatic heterocycles. The number of aliphatic carboxylic acids is 1. The molecule has 0 aromatic heterocycles. The summed E-state index contributed by atoms with van der Waals surface area (Å²) in [7, 11) is -3.98. The fraction of sp³-hybridized carbons (Fsp3) is 0.240. The van der Waals surface area contributed by atoms with Crippen LogP contribution in [0, 0.1) is 5.82 Å². The van der Waals surface area contributed by atoms with E-state index in [1.807, 2.05) is 6.92 Å². The van der Waals surface area contributed by atoms with Crippen LogP contribution in [0.25, 0.3) is 0 Å². The van der Waals surface area contributed by atoms with Gasteiger partial charge in [-0.3, -0.25) is 0 Å². The van der Waals surface area contributed by atoms with Gasteiger partial charge in [-0.15, -0.1) is 0 Å². The number of rotatable bonds is 11. The Hall–Kier alpha value is -2.98. The summed E-state index contributed by atoms with van der Waals surface area (Å²) in [6.45, 7) is 1.54. The van der Waals surface area contributed by atoms with E-state index >= 15 is 0 Å². The van der Waals surface area contributed by atoms with Crippen LogP contribution < -0.4 is 10.1 Å². The third kappa shape index (κ3) is 7.25. The van der Waals surface area contributed by atoms with Crippen molar-refractivity contribution in [3.05, 3.63) is 88.7 Å². The highest BCUT2D eigenvalue weighted by molar-refractivity contribution is 7.91. The highest BCUT2D eigenvalue weighted by Gasteiger charge is 2.20. The predicted molar refractivity (Wildman–Crippen MR) is 129 cm³/mol. The second-order valence-corrected chi connectivity index (χ2v) is 10.4. The van der Waals surface area contributed by atoms with E-state index < -0.39 is 34.3 Å². The third-order valence-corrected chi connectivity index (χ3v) is 7.24. The quantitative estimate of drug-likeness (QED) is 0.349. The number of aliphatic hydroxyl groups is 1. The summed E-state index contributed by atoms with van der Waals surface area (Å²) in [6.07, 6.45) is -0.127. The van der Waals surface area contributed by atoms with E-state index in [-0.39, 0.29) is 21.6 Å². The standard InChI is InChI=1S/C25H25ClFNO6S/c1-16(28-14-23(29)18-3-2-4-19(26)12-18)11-17-5-7-20(8-6-17)35(32,33)21-9-10-24(22(27)13-21)34-15-25(30)31/h2-10,12-13,16,23,28-29H,11,14-15H2,1H3,(H,30,31)/t16-,23+/m1/s1. The molecule has 7 nitrogen and oxygen atoms in total. The van der Waals surface area contributed by atoms with Crippen LogP contribution in [0.15, 0.2) is 76.5 Å². The molecule has 10 heteroatoms. The number of carboxylic acids is 1. The molecule has 0 heterocycles. The summed E-state index contributed by atoms with van der Waals surface area (Å²) in [4.78, 5) is 10.3. The normalized spacial score (nSPS) is 13.3. The van der Waals surface area contributed by atoms with Crippen LogP contribution in [0.5, 0.6) is 5.75 Å².